The predicted octanol–water partition coefficient (Wildman–Crippen LogP) is 4.25. The van der Waals surface area contributed by atoms with Gasteiger partial charge in [0.15, 0.2) is 16.7 Å². The minimum absolute atomic E-state index is 0.0198. The number of carbonyl (C=O) groups excluding carboxylic acids is 1. The molecule has 1 aliphatic heterocycles. The Balaban J connectivity index is 1.87. The lowest BCUT2D eigenvalue weighted by atomic mass is 10.0. The van der Waals surface area contributed by atoms with E-state index in [0.717, 1.165) is 6.07 Å². The van der Waals surface area contributed by atoms with E-state index in [1.807, 2.05) is 0 Å². The summed E-state index contributed by atoms with van der Waals surface area (Å²) in [7, 11) is -2.22. The molecule has 0 fully saturated rings. The van der Waals surface area contributed by atoms with Crippen molar-refractivity contribution < 1.29 is 27.6 Å². The van der Waals surface area contributed by atoms with Gasteiger partial charge in [-0.3, -0.25) is 9.52 Å². The zero-order valence-corrected chi connectivity index (χ0v) is 17.3. The van der Waals surface area contributed by atoms with E-state index in [-0.39, 0.29) is 39.9 Å². The molecule has 0 aromatic heterocycles. The largest absolute Gasteiger partial charge is 0.505 e. The van der Waals surface area contributed by atoms with Gasteiger partial charge < -0.3 is 15.2 Å². The third-order valence-corrected chi connectivity index (χ3v) is 5.98. The summed E-state index contributed by atoms with van der Waals surface area (Å²) < 4.78 is 50.0. The van der Waals surface area contributed by atoms with Gasteiger partial charge in [0, 0.05) is 22.8 Å². The van der Waals surface area contributed by atoms with Crippen LogP contribution < -0.4 is 14.8 Å². The Hall–Kier alpha value is -3.17. The maximum Gasteiger partial charge on any atom is 0.251 e. The topological polar surface area (TPSA) is 87.7 Å². The van der Waals surface area contributed by atoms with Crippen molar-refractivity contribution in [3.05, 3.63) is 70.8 Å². The van der Waals surface area contributed by atoms with Crippen LogP contribution in [0.2, 0.25) is 5.02 Å². The molecule has 1 unspecified atom stereocenters. The van der Waals surface area contributed by atoms with Crippen molar-refractivity contribution in [2.75, 3.05) is 17.9 Å². The van der Waals surface area contributed by atoms with E-state index in [1.54, 1.807) is 24.3 Å². The van der Waals surface area contributed by atoms with Crippen LogP contribution >= 0.6 is 11.6 Å². The highest BCUT2D eigenvalue weighted by Gasteiger charge is 2.21. The number of para-hydroxylation sites is 1. The van der Waals surface area contributed by atoms with E-state index in [4.69, 9.17) is 16.3 Å². The number of anilines is 1. The molecule has 0 radical (unpaired) electrons. The number of nitrogens with one attached hydrogen (secondary N) is 2. The van der Waals surface area contributed by atoms with E-state index < -0.39 is 34.3 Å². The van der Waals surface area contributed by atoms with Gasteiger partial charge in [-0.2, -0.15) is 0 Å². The fourth-order valence-corrected chi connectivity index (χ4v) is 4.34. The Morgan fingerprint density at radius 2 is 1.84 bits per heavy atom. The number of rotatable bonds is 0. The van der Waals surface area contributed by atoms with Gasteiger partial charge in [-0.05, 0) is 24.3 Å². The van der Waals surface area contributed by atoms with Gasteiger partial charge in [-0.1, -0.05) is 29.8 Å². The highest BCUT2D eigenvalue weighted by Crippen LogP contribution is 2.36. The Bertz CT molecular complexity index is 1220. The molecule has 0 spiro atoms. The number of fused-ring (bicyclic) bond motifs is 6. The molecule has 1 aliphatic rings. The molecule has 4 bridgehead atoms. The summed E-state index contributed by atoms with van der Waals surface area (Å²) in [5.74, 6) is -2.56. The van der Waals surface area contributed by atoms with Crippen LogP contribution in [-0.2, 0) is 11.0 Å². The van der Waals surface area contributed by atoms with Gasteiger partial charge in [-0.15, -0.1) is 0 Å². The smallest absolute Gasteiger partial charge is 0.251 e. The molecular formula is C21H15ClF2N2O4S. The first-order valence-corrected chi connectivity index (χ1v) is 10.6. The van der Waals surface area contributed by atoms with Crippen molar-refractivity contribution in [1.82, 2.24) is 5.32 Å². The molecule has 3 N–H and O–H groups in total. The molecule has 160 valence electrons. The van der Waals surface area contributed by atoms with Crippen molar-refractivity contribution in [1.29, 1.82) is 0 Å². The summed E-state index contributed by atoms with van der Waals surface area (Å²) in [5.41, 5.74) is 0.140. The number of phenols is 1. The molecule has 1 amide bonds. The fourth-order valence-electron chi connectivity index (χ4n) is 3.08. The normalized spacial score (nSPS) is 16.1. The molecule has 10 heteroatoms. The van der Waals surface area contributed by atoms with Crippen LogP contribution in [0.3, 0.4) is 0 Å². The fraction of sp³-hybridized carbons (Fsp3) is 0.0952. The van der Waals surface area contributed by atoms with Gasteiger partial charge >= 0.3 is 0 Å². The number of hydrogen-bond acceptors (Lipinski definition) is 4. The van der Waals surface area contributed by atoms with Crippen LogP contribution in [-0.4, -0.2) is 28.4 Å². The first-order valence-electron chi connectivity index (χ1n) is 9.05. The first kappa shape index (κ1) is 21.1. The Labute approximate surface area is 183 Å². The van der Waals surface area contributed by atoms with Gasteiger partial charge in [0.05, 0.1) is 17.3 Å². The molecule has 0 aliphatic carbocycles. The SMILES string of the molecule is O=C1NCCOc2ccccc2-c2cc(c(F)cc2F)NS(=O)c2cc1cc(Cl)c2O. The molecule has 1 atom stereocenters. The van der Waals surface area contributed by atoms with E-state index >= 15 is 0 Å². The van der Waals surface area contributed by atoms with E-state index in [2.05, 4.69) is 10.0 Å². The summed E-state index contributed by atoms with van der Waals surface area (Å²) in [4.78, 5) is 12.2. The summed E-state index contributed by atoms with van der Waals surface area (Å²) in [6.07, 6.45) is 0. The van der Waals surface area contributed by atoms with E-state index in [0.29, 0.717) is 17.4 Å². The Morgan fingerprint density at radius 1 is 1.06 bits per heavy atom. The summed E-state index contributed by atoms with van der Waals surface area (Å²) in [6, 6.07) is 10.8. The number of carbonyl (C=O) groups is 1. The van der Waals surface area contributed by atoms with E-state index in [9.17, 15) is 22.9 Å². The average Bonchev–Trinajstić information content (AvgIpc) is 2.74. The average molecular weight is 465 g/mol. The summed E-state index contributed by atoms with van der Waals surface area (Å²) in [5, 5.41) is 12.6. The monoisotopic (exact) mass is 464 g/mol. The third kappa shape index (κ3) is 4.19. The first-order chi connectivity index (χ1) is 14.8. The lowest BCUT2D eigenvalue weighted by Crippen LogP contribution is -2.28. The van der Waals surface area contributed by atoms with Crippen LogP contribution in [0.15, 0.2) is 53.4 Å². The molecule has 3 aromatic carbocycles. The lowest BCUT2D eigenvalue weighted by Gasteiger charge is -2.14. The van der Waals surface area contributed by atoms with Crippen molar-refractivity contribution in [3.8, 4) is 22.6 Å². The lowest BCUT2D eigenvalue weighted by molar-refractivity contribution is 0.0947. The van der Waals surface area contributed by atoms with Crippen molar-refractivity contribution >= 4 is 34.2 Å². The third-order valence-electron chi connectivity index (χ3n) is 4.57. The van der Waals surface area contributed by atoms with Crippen molar-refractivity contribution in [2.24, 2.45) is 0 Å². The molecule has 0 saturated heterocycles. The second kappa shape index (κ2) is 8.52. The molecule has 1 heterocycles. The number of ether oxygens (including phenoxy) is 1. The molecule has 6 nitrogen and oxygen atoms in total. The number of aromatic hydroxyl groups is 1. The van der Waals surface area contributed by atoms with Crippen molar-refractivity contribution in [3.63, 3.8) is 0 Å². The van der Waals surface area contributed by atoms with Crippen molar-refractivity contribution in [2.45, 2.75) is 4.90 Å². The second-order valence-corrected chi connectivity index (χ2v) is 8.18. The number of benzene rings is 3. The maximum atomic E-state index is 14.6. The van der Waals surface area contributed by atoms with Crippen LogP contribution in [0.25, 0.3) is 11.1 Å². The standard InChI is InChI=1S/C21H15ClF2N2O4S/c22-14-7-11-8-19(20(14)27)31(29)26-17-9-13(15(23)10-16(17)24)12-3-1-2-4-18(12)30-6-5-25-21(11)28/h1-4,7-10,26-27H,5-6H2,(H,25,28). The predicted molar refractivity (Wildman–Crippen MR) is 113 cm³/mol. The Kier molecular flexibility index (Phi) is 5.79. The van der Waals surface area contributed by atoms with Crippen LogP contribution in [0.5, 0.6) is 11.5 Å². The number of amides is 1. The quantitative estimate of drug-likeness (QED) is 0.464. The highest BCUT2D eigenvalue weighted by molar-refractivity contribution is 7.86. The summed E-state index contributed by atoms with van der Waals surface area (Å²) in [6.45, 7) is 0.181. The molecule has 31 heavy (non-hydrogen) atoms. The van der Waals surface area contributed by atoms with Crippen LogP contribution in [0.1, 0.15) is 10.4 Å². The highest BCUT2D eigenvalue weighted by atomic mass is 35.5. The van der Waals surface area contributed by atoms with Crippen LogP contribution in [0, 0.1) is 11.6 Å². The van der Waals surface area contributed by atoms with Gasteiger partial charge in [-0.25, -0.2) is 13.0 Å². The second-order valence-electron chi connectivity index (χ2n) is 6.59. The summed E-state index contributed by atoms with van der Waals surface area (Å²) >= 11 is 5.98. The molecule has 0 saturated carbocycles. The molecule has 3 aromatic rings. The van der Waals surface area contributed by atoms with Gasteiger partial charge in [0.2, 0.25) is 0 Å². The number of hydrogen-bond donors (Lipinski definition) is 3. The minimum atomic E-state index is -2.22. The van der Waals surface area contributed by atoms with Crippen LogP contribution in [0.4, 0.5) is 14.5 Å². The molecule has 4 rings (SSSR count). The van der Waals surface area contributed by atoms with E-state index in [1.165, 1.54) is 12.1 Å². The zero-order valence-electron chi connectivity index (χ0n) is 15.7. The van der Waals surface area contributed by atoms with Gasteiger partial charge in [0.1, 0.15) is 28.9 Å². The minimum Gasteiger partial charge on any atom is -0.505 e. The number of halogens is 3. The molecular weight excluding hydrogens is 450 g/mol. The van der Waals surface area contributed by atoms with Gasteiger partial charge in [0.25, 0.3) is 5.91 Å². The zero-order chi connectivity index (χ0) is 22.1. The number of phenolic OH excluding ortho intramolecular Hbond substituents is 1. The maximum absolute atomic E-state index is 14.6. The Morgan fingerprint density at radius 3 is 2.65 bits per heavy atom.